The molecule has 0 radical (unpaired) electrons. The summed E-state index contributed by atoms with van der Waals surface area (Å²) in [6.07, 6.45) is 4.65. The van der Waals surface area contributed by atoms with Crippen molar-refractivity contribution in [2.45, 2.75) is 64.7 Å². The van der Waals surface area contributed by atoms with Crippen molar-refractivity contribution >= 4 is 11.8 Å². The highest BCUT2D eigenvalue weighted by molar-refractivity contribution is 5.95. The number of nitriles is 1. The van der Waals surface area contributed by atoms with Crippen molar-refractivity contribution in [3.63, 3.8) is 0 Å². The van der Waals surface area contributed by atoms with Gasteiger partial charge in [0.2, 0.25) is 5.91 Å². The minimum Gasteiger partial charge on any atom is -0.338 e. The quantitative estimate of drug-likeness (QED) is 0.498. The molecule has 39 heavy (non-hydrogen) atoms. The summed E-state index contributed by atoms with van der Waals surface area (Å²) in [6.45, 7) is 7.74. The third kappa shape index (κ3) is 5.07. The van der Waals surface area contributed by atoms with E-state index in [2.05, 4.69) is 37.3 Å². The van der Waals surface area contributed by atoms with E-state index in [1.54, 1.807) is 12.3 Å². The molecule has 8 heteroatoms. The van der Waals surface area contributed by atoms with Gasteiger partial charge in [0.25, 0.3) is 5.91 Å². The first-order valence-corrected chi connectivity index (χ1v) is 13.9. The Morgan fingerprint density at radius 1 is 1.15 bits per heavy atom. The summed E-state index contributed by atoms with van der Waals surface area (Å²) >= 11 is 0. The van der Waals surface area contributed by atoms with Gasteiger partial charge in [-0.1, -0.05) is 57.5 Å². The van der Waals surface area contributed by atoms with Crippen molar-refractivity contribution in [3.05, 3.63) is 83.2 Å². The van der Waals surface area contributed by atoms with E-state index in [9.17, 15) is 14.9 Å². The fourth-order valence-corrected chi connectivity index (χ4v) is 5.90. The maximum Gasteiger partial charge on any atom is 0.257 e. The number of nitrogens with zero attached hydrogens (tertiary/aromatic N) is 5. The zero-order chi connectivity index (χ0) is 27.6. The Balaban J connectivity index is 1.37. The van der Waals surface area contributed by atoms with E-state index >= 15 is 0 Å². The number of nitrogens with one attached hydrogen (secondary N) is 1. The lowest BCUT2D eigenvalue weighted by Gasteiger charge is -2.44. The van der Waals surface area contributed by atoms with Crippen molar-refractivity contribution in [1.29, 1.82) is 5.26 Å². The number of benzene rings is 2. The number of hydrogen-bond donors (Lipinski definition) is 1. The van der Waals surface area contributed by atoms with Crippen LogP contribution in [0.5, 0.6) is 0 Å². The Morgan fingerprint density at radius 3 is 2.56 bits per heavy atom. The minimum atomic E-state index is -0.522. The number of carbonyl (C=O) groups excluding carboxylic acids is 2. The van der Waals surface area contributed by atoms with E-state index in [-0.39, 0.29) is 23.8 Å². The molecule has 202 valence electrons. The predicted octanol–water partition coefficient (Wildman–Crippen LogP) is 4.29. The fourth-order valence-electron chi connectivity index (χ4n) is 5.90. The molecule has 1 N–H and O–H groups in total. The molecule has 1 spiro atoms. The standard InChI is InChI=1S/C31H36N6O2/c1-4-9-27-26(20-33-37(27)25-12-6-5-7-13-25)29(38)35-16-14-31(15-17-35)34-28(22(2)3)30(39)36(31)21-24-11-8-10-23(18-24)19-32/h5-8,10-13,18,20,22,28,34H,4,9,14-17,21H2,1-3H3. The first-order chi connectivity index (χ1) is 18.9. The zero-order valence-corrected chi connectivity index (χ0v) is 22.9. The van der Waals surface area contributed by atoms with Crippen LogP contribution in [0.2, 0.25) is 0 Å². The van der Waals surface area contributed by atoms with Gasteiger partial charge in [0.15, 0.2) is 0 Å². The molecule has 1 atom stereocenters. The van der Waals surface area contributed by atoms with Crippen LogP contribution >= 0.6 is 0 Å². The Morgan fingerprint density at radius 2 is 1.90 bits per heavy atom. The summed E-state index contributed by atoms with van der Waals surface area (Å²) in [5.74, 6) is 0.222. The normalized spacial score (nSPS) is 18.6. The number of amides is 2. The van der Waals surface area contributed by atoms with Gasteiger partial charge in [0.1, 0.15) is 0 Å². The molecule has 2 saturated heterocycles. The van der Waals surface area contributed by atoms with E-state index in [1.807, 2.05) is 63.0 Å². The summed E-state index contributed by atoms with van der Waals surface area (Å²) in [4.78, 5) is 31.2. The van der Waals surface area contributed by atoms with Crippen molar-refractivity contribution < 1.29 is 9.59 Å². The van der Waals surface area contributed by atoms with Crippen molar-refractivity contribution in [1.82, 2.24) is 24.9 Å². The van der Waals surface area contributed by atoms with Crippen LogP contribution in [-0.4, -0.2) is 56.2 Å². The summed E-state index contributed by atoms with van der Waals surface area (Å²) in [5, 5.41) is 17.6. The fraction of sp³-hybridized carbons (Fsp3) is 0.419. The van der Waals surface area contributed by atoms with Crippen LogP contribution in [0.15, 0.2) is 60.8 Å². The second-order valence-electron chi connectivity index (χ2n) is 10.9. The van der Waals surface area contributed by atoms with Gasteiger partial charge in [-0.15, -0.1) is 0 Å². The van der Waals surface area contributed by atoms with Crippen LogP contribution in [0.4, 0.5) is 0 Å². The summed E-state index contributed by atoms with van der Waals surface area (Å²) in [5.41, 5.74) is 3.53. The SMILES string of the molecule is CCCc1c(C(=O)N2CCC3(CC2)NC(C(C)C)C(=O)N3Cc2cccc(C#N)c2)cnn1-c1ccccc1. The van der Waals surface area contributed by atoms with Gasteiger partial charge in [-0.25, -0.2) is 4.68 Å². The topological polar surface area (TPSA) is 94.3 Å². The lowest BCUT2D eigenvalue weighted by atomic mass is 9.94. The van der Waals surface area contributed by atoms with Crippen LogP contribution in [-0.2, 0) is 17.8 Å². The Kier molecular flexibility index (Phi) is 7.53. The number of likely N-dealkylation sites (tertiary alicyclic amines) is 1. The van der Waals surface area contributed by atoms with Crippen molar-refractivity contribution in [3.8, 4) is 11.8 Å². The van der Waals surface area contributed by atoms with Gasteiger partial charge < -0.3 is 9.80 Å². The van der Waals surface area contributed by atoms with Gasteiger partial charge in [-0.05, 0) is 42.2 Å². The van der Waals surface area contributed by atoms with Crippen molar-refractivity contribution in [2.24, 2.45) is 5.92 Å². The average molecular weight is 525 g/mol. The second kappa shape index (κ2) is 11.0. The molecule has 2 amide bonds. The monoisotopic (exact) mass is 524 g/mol. The zero-order valence-electron chi connectivity index (χ0n) is 22.9. The molecule has 5 rings (SSSR count). The Labute approximate surface area is 230 Å². The first-order valence-electron chi connectivity index (χ1n) is 13.9. The molecule has 2 aromatic carbocycles. The summed E-state index contributed by atoms with van der Waals surface area (Å²) in [7, 11) is 0. The van der Waals surface area contributed by atoms with Gasteiger partial charge in [0.05, 0.1) is 46.5 Å². The number of hydrogen-bond acceptors (Lipinski definition) is 5. The molecule has 1 unspecified atom stereocenters. The Hall–Kier alpha value is -3.96. The molecule has 8 nitrogen and oxygen atoms in total. The highest BCUT2D eigenvalue weighted by Gasteiger charge is 2.52. The van der Waals surface area contributed by atoms with Crippen LogP contribution in [0.3, 0.4) is 0 Å². The van der Waals surface area contributed by atoms with Gasteiger partial charge in [0, 0.05) is 32.5 Å². The number of rotatable bonds is 7. The van der Waals surface area contributed by atoms with E-state index in [4.69, 9.17) is 0 Å². The highest BCUT2D eigenvalue weighted by Crippen LogP contribution is 2.36. The molecular weight excluding hydrogens is 488 g/mol. The van der Waals surface area contributed by atoms with Gasteiger partial charge in [-0.3, -0.25) is 14.9 Å². The number of aromatic nitrogens is 2. The molecule has 0 aliphatic carbocycles. The van der Waals surface area contributed by atoms with Crippen LogP contribution in [0, 0.1) is 17.2 Å². The predicted molar refractivity (Wildman–Crippen MR) is 149 cm³/mol. The molecular formula is C31H36N6O2. The summed E-state index contributed by atoms with van der Waals surface area (Å²) < 4.78 is 1.88. The molecule has 0 bridgehead atoms. The maximum absolute atomic E-state index is 13.8. The molecule has 2 aliphatic rings. The third-order valence-corrected chi connectivity index (χ3v) is 8.00. The lowest BCUT2D eigenvalue weighted by molar-refractivity contribution is -0.134. The van der Waals surface area contributed by atoms with Crippen LogP contribution in [0.1, 0.15) is 67.2 Å². The molecule has 2 aliphatic heterocycles. The molecule has 2 fully saturated rings. The third-order valence-electron chi connectivity index (χ3n) is 8.00. The maximum atomic E-state index is 13.8. The van der Waals surface area contributed by atoms with E-state index in [1.165, 1.54) is 0 Å². The smallest absolute Gasteiger partial charge is 0.257 e. The summed E-state index contributed by atoms with van der Waals surface area (Å²) in [6, 6.07) is 19.3. The molecule has 3 heterocycles. The highest BCUT2D eigenvalue weighted by atomic mass is 16.2. The number of piperidine rings is 1. The average Bonchev–Trinajstić information content (AvgIpc) is 3.49. The van der Waals surface area contributed by atoms with Crippen LogP contribution < -0.4 is 5.32 Å². The van der Waals surface area contributed by atoms with E-state index < -0.39 is 5.66 Å². The van der Waals surface area contributed by atoms with Gasteiger partial charge in [-0.2, -0.15) is 10.4 Å². The van der Waals surface area contributed by atoms with E-state index in [0.717, 1.165) is 29.8 Å². The Bertz CT molecular complexity index is 1380. The van der Waals surface area contributed by atoms with Gasteiger partial charge >= 0.3 is 0 Å². The molecule has 0 saturated carbocycles. The number of para-hydroxylation sites is 1. The van der Waals surface area contributed by atoms with Crippen LogP contribution in [0.25, 0.3) is 5.69 Å². The largest absolute Gasteiger partial charge is 0.338 e. The number of carbonyl (C=O) groups is 2. The van der Waals surface area contributed by atoms with Crippen molar-refractivity contribution in [2.75, 3.05) is 13.1 Å². The lowest BCUT2D eigenvalue weighted by Crippen LogP contribution is -2.59. The van der Waals surface area contributed by atoms with E-state index in [0.29, 0.717) is 43.6 Å². The first kappa shape index (κ1) is 26.6. The minimum absolute atomic E-state index is 0.00603. The molecule has 3 aromatic rings. The second-order valence-corrected chi connectivity index (χ2v) is 10.9. The molecule has 1 aromatic heterocycles.